The summed E-state index contributed by atoms with van der Waals surface area (Å²) in [5.74, 6) is -0.262. The van der Waals surface area contributed by atoms with Crippen molar-refractivity contribution in [2.75, 3.05) is 20.2 Å². The molecule has 1 heterocycles. The van der Waals surface area contributed by atoms with Gasteiger partial charge in [0.25, 0.3) is 0 Å². The molecule has 4 nitrogen and oxygen atoms in total. The van der Waals surface area contributed by atoms with Crippen LogP contribution in [0.1, 0.15) is 31.4 Å². The number of hydrogen-bond donors (Lipinski definition) is 1. The Bertz CT molecular complexity index is 549. The molecule has 0 amide bonds. The molecule has 1 aliphatic heterocycles. The Morgan fingerprint density at radius 1 is 1.48 bits per heavy atom. The fourth-order valence-corrected chi connectivity index (χ4v) is 2.79. The number of benzene rings is 1. The molecule has 0 spiro atoms. The molecule has 2 rings (SSSR count). The smallest absolute Gasteiger partial charge is 0.328 e. The number of rotatable bonds is 5. The van der Waals surface area contributed by atoms with Gasteiger partial charge in [0.2, 0.25) is 0 Å². The Morgan fingerprint density at radius 3 is 2.81 bits per heavy atom. The number of methoxy groups -OCH3 is 1. The number of carboxylic acid groups (broad SMARTS) is 1. The highest BCUT2D eigenvalue weighted by molar-refractivity contribution is 5.85. The number of nitrogens with zero attached hydrogens (tertiary/aromatic N) is 1. The van der Waals surface area contributed by atoms with E-state index in [0.717, 1.165) is 31.3 Å². The molecule has 0 saturated carbocycles. The number of carbonyl (C=O) groups is 1. The van der Waals surface area contributed by atoms with E-state index in [9.17, 15) is 4.79 Å². The van der Waals surface area contributed by atoms with E-state index < -0.39 is 5.97 Å². The third-order valence-corrected chi connectivity index (χ3v) is 3.86. The SMILES string of the molecule is COc1ccc(CN2CCC(C)(C)C2)cc1/C=C/C(=O)O. The van der Waals surface area contributed by atoms with Gasteiger partial charge in [-0.3, -0.25) is 4.90 Å². The van der Waals surface area contributed by atoms with Crippen LogP contribution in [0.15, 0.2) is 24.3 Å². The number of ether oxygens (including phenoxy) is 1. The fourth-order valence-electron chi connectivity index (χ4n) is 2.79. The molecule has 1 aromatic carbocycles. The second kappa shape index (κ2) is 6.31. The minimum Gasteiger partial charge on any atom is -0.496 e. The van der Waals surface area contributed by atoms with E-state index in [1.165, 1.54) is 12.0 Å². The minimum absolute atomic E-state index is 0.387. The number of carboxylic acids is 1. The van der Waals surface area contributed by atoms with Crippen molar-refractivity contribution in [3.05, 3.63) is 35.4 Å². The molecule has 1 aromatic rings. The van der Waals surface area contributed by atoms with Gasteiger partial charge in [-0.1, -0.05) is 19.9 Å². The molecule has 1 N–H and O–H groups in total. The Kier molecular flexibility index (Phi) is 4.68. The van der Waals surface area contributed by atoms with Crippen LogP contribution in [-0.4, -0.2) is 36.2 Å². The lowest BCUT2D eigenvalue weighted by molar-refractivity contribution is -0.131. The first-order valence-electron chi connectivity index (χ1n) is 7.20. The molecule has 0 bridgehead atoms. The summed E-state index contributed by atoms with van der Waals surface area (Å²) >= 11 is 0. The van der Waals surface area contributed by atoms with Crippen LogP contribution in [0, 0.1) is 5.41 Å². The first kappa shape index (κ1) is 15.6. The number of hydrogen-bond acceptors (Lipinski definition) is 3. The van der Waals surface area contributed by atoms with Crippen molar-refractivity contribution < 1.29 is 14.6 Å². The maximum Gasteiger partial charge on any atom is 0.328 e. The number of likely N-dealkylation sites (tertiary alicyclic amines) is 1. The quantitative estimate of drug-likeness (QED) is 0.847. The second-order valence-corrected chi connectivity index (χ2v) is 6.37. The zero-order chi connectivity index (χ0) is 15.5. The Morgan fingerprint density at radius 2 is 2.24 bits per heavy atom. The lowest BCUT2D eigenvalue weighted by atomic mass is 9.93. The number of aliphatic carboxylic acids is 1. The van der Waals surface area contributed by atoms with E-state index in [0.29, 0.717) is 11.2 Å². The maximum atomic E-state index is 10.7. The van der Waals surface area contributed by atoms with Crippen LogP contribution < -0.4 is 4.74 Å². The van der Waals surface area contributed by atoms with E-state index in [1.807, 2.05) is 18.2 Å². The van der Waals surface area contributed by atoms with Gasteiger partial charge in [0.05, 0.1) is 7.11 Å². The van der Waals surface area contributed by atoms with Gasteiger partial charge in [-0.05, 0) is 42.2 Å². The van der Waals surface area contributed by atoms with Gasteiger partial charge in [0.15, 0.2) is 0 Å². The van der Waals surface area contributed by atoms with Gasteiger partial charge in [0.1, 0.15) is 5.75 Å². The molecule has 1 fully saturated rings. The van der Waals surface area contributed by atoms with Crippen molar-refractivity contribution in [3.8, 4) is 5.75 Å². The van der Waals surface area contributed by atoms with Gasteiger partial charge in [0, 0.05) is 24.7 Å². The van der Waals surface area contributed by atoms with E-state index >= 15 is 0 Å². The third kappa shape index (κ3) is 4.33. The molecule has 1 saturated heterocycles. The lowest BCUT2D eigenvalue weighted by Crippen LogP contribution is -2.22. The second-order valence-electron chi connectivity index (χ2n) is 6.37. The zero-order valence-corrected chi connectivity index (χ0v) is 12.9. The summed E-state index contributed by atoms with van der Waals surface area (Å²) in [4.78, 5) is 13.1. The standard InChI is InChI=1S/C17H23NO3/c1-17(2)8-9-18(12-17)11-13-4-6-15(21-3)14(10-13)5-7-16(19)20/h4-7,10H,8-9,11-12H2,1-3H3,(H,19,20)/b7-5+. The van der Waals surface area contributed by atoms with Crippen LogP contribution in [0.4, 0.5) is 0 Å². The molecule has 0 aromatic heterocycles. The predicted octanol–water partition coefficient (Wildman–Crippen LogP) is 3.02. The highest BCUT2D eigenvalue weighted by Crippen LogP contribution is 2.30. The summed E-state index contributed by atoms with van der Waals surface area (Å²) in [5, 5.41) is 8.76. The van der Waals surface area contributed by atoms with E-state index in [2.05, 4.69) is 18.7 Å². The predicted molar refractivity (Wildman–Crippen MR) is 83.3 cm³/mol. The maximum absolute atomic E-state index is 10.7. The summed E-state index contributed by atoms with van der Waals surface area (Å²) in [5.41, 5.74) is 2.37. The van der Waals surface area contributed by atoms with Gasteiger partial charge in [-0.15, -0.1) is 0 Å². The zero-order valence-electron chi connectivity index (χ0n) is 12.9. The molecule has 114 valence electrons. The van der Waals surface area contributed by atoms with Gasteiger partial charge in [-0.2, -0.15) is 0 Å². The van der Waals surface area contributed by atoms with Crippen molar-refractivity contribution >= 4 is 12.0 Å². The Balaban J connectivity index is 2.14. The molecular formula is C17H23NO3. The van der Waals surface area contributed by atoms with Crippen molar-refractivity contribution in [1.82, 2.24) is 4.90 Å². The minimum atomic E-state index is -0.955. The summed E-state index contributed by atoms with van der Waals surface area (Å²) in [6, 6.07) is 5.95. The summed E-state index contributed by atoms with van der Waals surface area (Å²) in [7, 11) is 1.59. The fraction of sp³-hybridized carbons (Fsp3) is 0.471. The van der Waals surface area contributed by atoms with E-state index in [-0.39, 0.29) is 0 Å². The normalized spacial score (nSPS) is 18.2. The average molecular weight is 289 g/mol. The Hall–Kier alpha value is -1.81. The van der Waals surface area contributed by atoms with Crippen LogP contribution in [0.25, 0.3) is 6.08 Å². The molecular weight excluding hydrogens is 266 g/mol. The van der Waals surface area contributed by atoms with Crippen molar-refractivity contribution in [3.63, 3.8) is 0 Å². The summed E-state index contributed by atoms with van der Waals surface area (Å²) in [6.07, 6.45) is 3.94. The van der Waals surface area contributed by atoms with Crippen LogP contribution in [0.3, 0.4) is 0 Å². The van der Waals surface area contributed by atoms with Gasteiger partial charge in [-0.25, -0.2) is 4.79 Å². The highest BCUT2D eigenvalue weighted by Gasteiger charge is 2.28. The van der Waals surface area contributed by atoms with Crippen molar-refractivity contribution in [2.24, 2.45) is 5.41 Å². The lowest BCUT2D eigenvalue weighted by Gasteiger charge is -2.20. The molecule has 0 radical (unpaired) electrons. The van der Waals surface area contributed by atoms with Crippen molar-refractivity contribution in [2.45, 2.75) is 26.8 Å². The first-order valence-corrected chi connectivity index (χ1v) is 7.20. The van der Waals surface area contributed by atoms with Crippen molar-refractivity contribution in [1.29, 1.82) is 0 Å². The molecule has 0 aliphatic carbocycles. The molecule has 0 atom stereocenters. The van der Waals surface area contributed by atoms with Crippen LogP contribution >= 0.6 is 0 Å². The first-order chi connectivity index (χ1) is 9.89. The van der Waals surface area contributed by atoms with Gasteiger partial charge >= 0.3 is 5.97 Å². The highest BCUT2D eigenvalue weighted by atomic mass is 16.5. The molecule has 0 unspecified atom stereocenters. The largest absolute Gasteiger partial charge is 0.496 e. The van der Waals surface area contributed by atoms with Crippen LogP contribution in [-0.2, 0) is 11.3 Å². The Labute approximate surface area is 126 Å². The average Bonchev–Trinajstić information content (AvgIpc) is 2.75. The third-order valence-electron chi connectivity index (χ3n) is 3.86. The monoisotopic (exact) mass is 289 g/mol. The molecule has 4 heteroatoms. The van der Waals surface area contributed by atoms with Crippen LogP contribution in [0.2, 0.25) is 0 Å². The van der Waals surface area contributed by atoms with E-state index in [4.69, 9.17) is 9.84 Å². The van der Waals surface area contributed by atoms with E-state index in [1.54, 1.807) is 13.2 Å². The summed E-state index contributed by atoms with van der Waals surface area (Å²) < 4.78 is 5.28. The summed E-state index contributed by atoms with van der Waals surface area (Å²) in [6.45, 7) is 7.68. The molecule has 1 aliphatic rings. The topological polar surface area (TPSA) is 49.8 Å². The molecule has 21 heavy (non-hydrogen) atoms. The van der Waals surface area contributed by atoms with Gasteiger partial charge < -0.3 is 9.84 Å². The van der Waals surface area contributed by atoms with Crippen LogP contribution in [0.5, 0.6) is 5.75 Å².